The molecule has 0 bridgehead atoms. The third-order valence-corrected chi connectivity index (χ3v) is 5.10. The van der Waals surface area contributed by atoms with Crippen molar-refractivity contribution in [2.75, 3.05) is 33.4 Å². The molecule has 6 nitrogen and oxygen atoms in total. The van der Waals surface area contributed by atoms with Gasteiger partial charge in [0.2, 0.25) is 10.0 Å². The van der Waals surface area contributed by atoms with Crippen LogP contribution in [0.15, 0.2) is 29.2 Å². The lowest BCUT2D eigenvalue weighted by Crippen LogP contribution is -2.40. The van der Waals surface area contributed by atoms with Gasteiger partial charge in [-0.3, -0.25) is 0 Å². The summed E-state index contributed by atoms with van der Waals surface area (Å²) in [6, 6.07) is 6.40. The Morgan fingerprint density at radius 3 is 2.73 bits per heavy atom. The number of sulfonamides is 1. The molecule has 0 spiro atoms. The van der Waals surface area contributed by atoms with Gasteiger partial charge in [-0.2, -0.15) is 0 Å². The first kappa shape index (κ1) is 17.2. The predicted molar refractivity (Wildman–Crippen MR) is 84.6 cm³/mol. The van der Waals surface area contributed by atoms with Gasteiger partial charge in [0.05, 0.1) is 11.5 Å². The predicted octanol–water partition coefficient (Wildman–Crippen LogP) is 1.13. The second-order valence-electron chi connectivity index (χ2n) is 5.33. The van der Waals surface area contributed by atoms with Gasteiger partial charge in [0.15, 0.2) is 0 Å². The lowest BCUT2D eigenvalue weighted by atomic mass is 10.2. The van der Waals surface area contributed by atoms with Crippen LogP contribution in [0.4, 0.5) is 0 Å². The fraction of sp³-hybridized carbons (Fsp3) is 0.600. The van der Waals surface area contributed by atoms with Crippen molar-refractivity contribution in [1.82, 2.24) is 10.0 Å². The summed E-state index contributed by atoms with van der Waals surface area (Å²) in [5.74, 6) is 0.632. The van der Waals surface area contributed by atoms with Gasteiger partial charge in [-0.1, -0.05) is 6.42 Å². The summed E-state index contributed by atoms with van der Waals surface area (Å²) in [7, 11) is -1.88. The molecule has 0 radical (unpaired) electrons. The van der Waals surface area contributed by atoms with Crippen molar-refractivity contribution >= 4 is 10.0 Å². The molecule has 1 aliphatic rings. The Morgan fingerprint density at radius 2 is 2.00 bits per heavy atom. The van der Waals surface area contributed by atoms with E-state index < -0.39 is 10.0 Å². The van der Waals surface area contributed by atoms with Gasteiger partial charge in [0.1, 0.15) is 12.4 Å². The molecule has 7 heteroatoms. The van der Waals surface area contributed by atoms with Crippen LogP contribution in [0.2, 0.25) is 0 Å². The maximum Gasteiger partial charge on any atom is 0.240 e. The van der Waals surface area contributed by atoms with Gasteiger partial charge in [-0.25, -0.2) is 13.1 Å². The van der Waals surface area contributed by atoms with E-state index in [1.807, 2.05) is 0 Å². The number of ether oxygens (including phenoxy) is 2. The quantitative estimate of drug-likeness (QED) is 0.734. The molecule has 1 unspecified atom stereocenters. The largest absolute Gasteiger partial charge is 0.491 e. The van der Waals surface area contributed by atoms with Crippen LogP contribution in [-0.4, -0.2) is 47.9 Å². The number of methoxy groups -OCH3 is 1. The van der Waals surface area contributed by atoms with Crippen LogP contribution in [0.3, 0.4) is 0 Å². The number of hydrogen-bond donors (Lipinski definition) is 2. The molecule has 1 aromatic rings. The normalized spacial score (nSPS) is 19.6. The van der Waals surface area contributed by atoms with E-state index in [1.54, 1.807) is 31.4 Å². The number of benzene rings is 1. The van der Waals surface area contributed by atoms with Gasteiger partial charge in [-0.15, -0.1) is 0 Å². The van der Waals surface area contributed by atoms with Crippen molar-refractivity contribution in [3.8, 4) is 5.75 Å². The average molecular weight is 328 g/mol. The molecule has 1 saturated heterocycles. The molecule has 0 amide bonds. The minimum atomic E-state index is -3.49. The average Bonchev–Trinajstić information content (AvgIpc) is 2.76. The number of nitrogens with one attached hydrogen (secondary N) is 2. The van der Waals surface area contributed by atoms with E-state index >= 15 is 0 Å². The molecule has 1 heterocycles. The molecule has 0 aromatic heterocycles. The summed E-state index contributed by atoms with van der Waals surface area (Å²) in [6.45, 7) is 2.56. The summed E-state index contributed by atoms with van der Waals surface area (Å²) in [5.41, 5.74) is 0. The second-order valence-corrected chi connectivity index (χ2v) is 7.04. The first-order valence-corrected chi connectivity index (χ1v) is 9.05. The maximum atomic E-state index is 12.4. The fourth-order valence-electron chi connectivity index (χ4n) is 2.37. The summed E-state index contributed by atoms with van der Waals surface area (Å²) >= 11 is 0. The Bertz CT molecular complexity index is 537. The van der Waals surface area contributed by atoms with Gasteiger partial charge in [-0.05, 0) is 43.7 Å². The first-order chi connectivity index (χ1) is 10.6. The number of rotatable bonds is 7. The van der Waals surface area contributed by atoms with E-state index in [4.69, 9.17) is 9.47 Å². The molecule has 22 heavy (non-hydrogen) atoms. The smallest absolute Gasteiger partial charge is 0.240 e. The molecule has 1 fully saturated rings. The van der Waals surface area contributed by atoms with Crippen LogP contribution in [-0.2, 0) is 14.8 Å². The van der Waals surface area contributed by atoms with E-state index in [0.717, 1.165) is 25.8 Å². The van der Waals surface area contributed by atoms with Crippen molar-refractivity contribution in [3.63, 3.8) is 0 Å². The third kappa shape index (κ3) is 5.24. The van der Waals surface area contributed by atoms with E-state index in [-0.39, 0.29) is 10.9 Å². The molecular formula is C15H24N2O4S. The lowest BCUT2D eigenvalue weighted by molar-refractivity contribution is 0.146. The second kappa shape index (κ2) is 8.47. The highest BCUT2D eigenvalue weighted by Gasteiger charge is 2.20. The molecule has 0 saturated carbocycles. The van der Waals surface area contributed by atoms with Crippen molar-refractivity contribution in [3.05, 3.63) is 24.3 Å². The monoisotopic (exact) mass is 328 g/mol. The van der Waals surface area contributed by atoms with Crippen LogP contribution in [0, 0.1) is 0 Å². The van der Waals surface area contributed by atoms with Crippen molar-refractivity contribution < 1.29 is 17.9 Å². The maximum absolute atomic E-state index is 12.4. The molecule has 124 valence electrons. The van der Waals surface area contributed by atoms with Crippen LogP contribution in [0.1, 0.15) is 19.3 Å². The summed E-state index contributed by atoms with van der Waals surface area (Å²) in [6.07, 6.45) is 2.99. The molecule has 2 rings (SSSR count). The van der Waals surface area contributed by atoms with Crippen LogP contribution in [0.5, 0.6) is 5.75 Å². The minimum Gasteiger partial charge on any atom is -0.491 e. The van der Waals surface area contributed by atoms with E-state index in [9.17, 15) is 8.42 Å². The van der Waals surface area contributed by atoms with Crippen LogP contribution in [0.25, 0.3) is 0 Å². The summed E-state index contributed by atoms with van der Waals surface area (Å²) in [5, 5.41) is 3.25. The molecular weight excluding hydrogens is 304 g/mol. The minimum absolute atomic E-state index is 0.0508. The Hall–Kier alpha value is -1.15. The SMILES string of the molecule is COCCOc1ccc(S(=O)(=O)NC2CCCCNC2)cc1. The highest BCUT2D eigenvalue weighted by molar-refractivity contribution is 7.89. The zero-order valence-corrected chi connectivity index (χ0v) is 13.7. The van der Waals surface area contributed by atoms with Crippen molar-refractivity contribution in [1.29, 1.82) is 0 Å². The summed E-state index contributed by atoms with van der Waals surface area (Å²) in [4.78, 5) is 0.260. The van der Waals surface area contributed by atoms with Gasteiger partial charge < -0.3 is 14.8 Å². The molecule has 1 aromatic carbocycles. The highest BCUT2D eigenvalue weighted by Crippen LogP contribution is 2.17. The van der Waals surface area contributed by atoms with Crippen molar-refractivity contribution in [2.45, 2.75) is 30.2 Å². The zero-order valence-electron chi connectivity index (χ0n) is 12.9. The van der Waals surface area contributed by atoms with Gasteiger partial charge in [0.25, 0.3) is 0 Å². The Morgan fingerprint density at radius 1 is 1.23 bits per heavy atom. The lowest BCUT2D eigenvalue weighted by Gasteiger charge is -2.16. The van der Waals surface area contributed by atoms with E-state index in [0.29, 0.717) is 25.5 Å². The van der Waals surface area contributed by atoms with Crippen molar-refractivity contribution in [2.24, 2.45) is 0 Å². The Balaban J connectivity index is 1.96. The highest BCUT2D eigenvalue weighted by atomic mass is 32.2. The molecule has 0 aliphatic carbocycles. The Labute approximate surface area is 132 Å². The van der Waals surface area contributed by atoms with Crippen LogP contribution < -0.4 is 14.8 Å². The van der Waals surface area contributed by atoms with E-state index in [2.05, 4.69) is 10.0 Å². The summed E-state index contributed by atoms with van der Waals surface area (Å²) < 4.78 is 37.9. The van der Waals surface area contributed by atoms with Gasteiger partial charge >= 0.3 is 0 Å². The van der Waals surface area contributed by atoms with E-state index in [1.165, 1.54) is 0 Å². The molecule has 2 N–H and O–H groups in total. The molecule has 1 atom stereocenters. The standard InChI is InChI=1S/C15H24N2O4S/c1-20-10-11-21-14-5-7-15(8-6-14)22(18,19)17-13-4-2-3-9-16-12-13/h5-8,13,16-17H,2-4,9-12H2,1H3. The topological polar surface area (TPSA) is 76.7 Å². The number of hydrogen-bond acceptors (Lipinski definition) is 5. The fourth-order valence-corrected chi connectivity index (χ4v) is 3.64. The molecule has 1 aliphatic heterocycles. The van der Waals surface area contributed by atoms with Gasteiger partial charge in [0, 0.05) is 19.7 Å². The Kier molecular flexibility index (Phi) is 6.63. The first-order valence-electron chi connectivity index (χ1n) is 7.56. The third-order valence-electron chi connectivity index (χ3n) is 3.56. The zero-order chi connectivity index (χ0) is 15.8. The van der Waals surface area contributed by atoms with Crippen LogP contribution >= 0.6 is 0 Å².